The largest absolute Gasteiger partial charge is 0.484 e. The molecule has 2 aliphatic rings. The number of thioether (sulfide) groups is 1. The lowest BCUT2D eigenvalue weighted by atomic mass is 10.0. The number of β-lactam (4-membered cyclic amide) rings is 1. The molecule has 5 rings (SSSR count). The molecule has 11 heteroatoms. The lowest BCUT2D eigenvalue weighted by molar-refractivity contribution is -0.151. The molecule has 194 valence electrons. The first-order valence-corrected chi connectivity index (χ1v) is 14.3. The highest BCUT2D eigenvalue weighted by Crippen LogP contribution is 2.50. The maximum Gasteiger partial charge on any atom is 0.356 e. The molecule has 9 nitrogen and oxygen atoms in total. The Morgan fingerprint density at radius 3 is 2.05 bits per heavy atom. The predicted molar refractivity (Wildman–Crippen MR) is 142 cm³/mol. The number of ether oxygens (including phenoxy) is 1. The van der Waals surface area contributed by atoms with E-state index >= 15 is 0 Å². The van der Waals surface area contributed by atoms with Crippen LogP contribution in [0.1, 0.15) is 0 Å². The number of amides is 2. The highest BCUT2D eigenvalue weighted by Gasteiger charge is 2.55. The van der Waals surface area contributed by atoms with Gasteiger partial charge in [-0.1, -0.05) is 54.6 Å². The molecule has 0 radical (unpaired) electrons. The second kappa shape index (κ2) is 10.8. The van der Waals surface area contributed by atoms with Gasteiger partial charge in [0.2, 0.25) is 0 Å². The number of hydrogen-bond acceptors (Lipinski definition) is 7. The summed E-state index contributed by atoms with van der Waals surface area (Å²) >= 11 is 1.22. The topological polar surface area (TPSA) is 122 Å². The van der Waals surface area contributed by atoms with Crippen molar-refractivity contribution in [2.45, 2.75) is 11.4 Å². The third-order valence-electron chi connectivity index (χ3n) is 6.00. The van der Waals surface area contributed by atoms with Gasteiger partial charge in [0.25, 0.3) is 11.8 Å². The van der Waals surface area contributed by atoms with Crippen LogP contribution in [0.5, 0.6) is 5.75 Å². The SMILES string of the molecule is O=C(COc1ccccc1)N[C@@H]1C(=O)N2C(C(=O)O)=C(OP(=O)(c3ccccc3)c3ccccc3)CS[C@@H]12. The van der Waals surface area contributed by atoms with E-state index in [-0.39, 0.29) is 23.8 Å². The van der Waals surface area contributed by atoms with Gasteiger partial charge in [-0.2, -0.15) is 0 Å². The van der Waals surface area contributed by atoms with Crippen LogP contribution < -0.4 is 20.7 Å². The summed E-state index contributed by atoms with van der Waals surface area (Å²) in [6.07, 6.45) is 0. The number of carbonyl (C=O) groups excluding carboxylic acids is 2. The normalized spacial score (nSPS) is 18.7. The number of hydrogen-bond donors (Lipinski definition) is 2. The van der Waals surface area contributed by atoms with Crippen LogP contribution in [0, 0.1) is 0 Å². The second-order valence-corrected chi connectivity index (χ2v) is 11.9. The van der Waals surface area contributed by atoms with E-state index in [1.807, 2.05) is 6.07 Å². The predicted octanol–water partition coefficient (Wildman–Crippen LogP) is 2.71. The van der Waals surface area contributed by atoms with E-state index in [2.05, 4.69) is 5.32 Å². The van der Waals surface area contributed by atoms with Crippen molar-refractivity contribution >= 4 is 47.5 Å². The maximum atomic E-state index is 14.3. The fourth-order valence-electron chi connectivity index (χ4n) is 4.20. The zero-order valence-corrected chi connectivity index (χ0v) is 21.6. The van der Waals surface area contributed by atoms with E-state index in [1.165, 1.54) is 11.8 Å². The fraction of sp³-hybridized carbons (Fsp3) is 0.148. The highest BCUT2D eigenvalue weighted by molar-refractivity contribution is 8.00. The van der Waals surface area contributed by atoms with Gasteiger partial charge in [0.15, 0.2) is 12.3 Å². The van der Waals surface area contributed by atoms with Crippen LogP contribution in [0.2, 0.25) is 0 Å². The number of rotatable bonds is 9. The molecule has 1 saturated heterocycles. The number of nitrogens with zero attached hydrogens (tertiary/aromatic N) is 1. The van der Waals surface area contributed by atoms with Gasteiger partial charge in [-0.25, -0.2) is 4.79 Å². The first-order chi connectivity index (χ1) is 18.4. The van der Waals surface area contributed by atoms with Crippen LogP contribution in [0.3, 0.4) is 0 Å². The Balaban J connectivity index is 1.37. The summed E-state index contributed by atoms with van der Waals surface area (Å²) in [7, 11) is -3.75. The van der Waals surface area contributed by atoms with Crippen molar-refractivity contribution in [2.24, 2.45) is 0 Å². The van der Waals surface area contributed by atoms with E-state index in [4.69, 9.17) is 9.26 Å². The van der Waals surface area contributed by atoms with Gasteiger partial charge in [-0.3, -0.25) is 19.1 Å². The summed E-state index contributed by atoms with van der Waals surface area (Å²) in [6.45, 7) is -0.293. The number of aliphatic carboxylic acids is 1. The number of benzene rings is 3. The number of para-hydroxylation sites is 1. The molecule has 3 aromatic carbocycles. The van der Waals surface area contributed by atoms with Crippen molar-refractivity contribution < 1.29 is 33.3 Å². The first kappa shape index (κ1) is 25.6. The molecule has 1 fully saturated rings. The minimum absolute atomic E-state index is 0.0482. The van der Waals surface area contributed by atoms with E-state index < -0.39 is 36.6 Å². The van der Waals surface area contributed by atoms with Crippen LogP contribution >= 0.6 is 19.1 Å². The average Bonchev–Trinajstić information content (AvgIpc) is 2.95. The Kier molecular flexibility index (Phi) is 7.26. The third kappa shape index (κ3) is 4.92. The standard InChI is InChI=1S/C27H23N2O7PS/c30-22(16-35-18-10-4-1-5-11-18)28-23-25(31)29-24(27(32)33)21(17-38-26(23)29)36-37(34,19-12-6-2-7-13-19)20-14-8-3-9-15-20/h1-15,23,26H,16-17H2,(H,28,30)(H,32,33)/t23-,26+/m1/s1. The van der Waals surface area contributed by atoms with Crippen molar-refractivity contribution in [3.8, 4) is 5.75 Å². The van der Waals surface area contributed by atoms with E-state index in [0.717, 1.165) is 4.90 Å². The zero-order chi connectivity index (χ0) is 26.7. The number of carboxylic acids is 1. The first-order valence-electron chi connectivity index (χ1n) is 11.7. The second-order valence-electron chi connectivity index (χ2n) is 8.45. The van der Waals surface area contributed by atoms with Crippen LogP contribution in [0.25, 0.3) is 0 Å². The number of carbonyl (C=O) groups is 3. The fourth-order valence-corrected chi connectivity index (χ4v) is 7.64. The molecule has 2 aliphatic heterocycles. The zero-order valence-electron chi connectivity index (χ0n) is 19.9. The third-order valence-corrected chi connectivity index (χ3v) is 9.68. The minimum atomic E-state index is -3.75. The highest BCUT2D eigenvalue weighted by atomic mass is 32.2. The average molecular weight is 551 g/mol. The Labute approximate surface area is 222 Å². The monoisotopic (exact) mass is 550 g/mol. The maximum absolute atomic E-state index is 14.3. The van der Waals surface area contributed by atoms with E-state index in [1.54, 1.807) is 84.9 Å². The Morgan fingerprint density at radius 2 is 1.50 bits per heavy atom. The van der Waals surface area contributed by atoms with Crippen molar-refractivity contribution in [2.75, 3.05) is 12.4 Å². The van der Waals surface area contributed by atoms with E-state index in [9.17, 15) is 24.1 Å². The van der Waals surface area contributed by atoms with Crippen molar-refractivity contribution in [3.05, 3.63) is 102 Å². The van der Waals surface area contributed by atoms with Crippen molar-refractivity contribution in [1.82, 2.24) is 10.2 Å². The molecule has 38 heavy (non-hydrogen) atoms. The van der Waals surface area contributed by atoms with Crippen LogP contribution in [-0.4, -0.2) is 51.6 Å². The van der Waals surface area contributed by atoms with Gasteiger partial charge in [0, 0.05) is 0 Å². The Bertz CT molecular complexity index is 1390. The van der Waals surface area contributed by atoms with Gasteiger partial charge in [0.1, 0.15) is 22.9 Å². The quantitative estimate of drug-likeness (QED) is 0.308. The van der Waals surface area contributed by atoms with Gasteiger partial charge < -0.3 is 19.7 Å². The number of carboxylic acid groups (broad SMARTS) is 1. The van der Waals surface area contributed by atoms with Crippen molar-refractivity contribution in [1.29, 1.82) is 0 Å². The summed E-state index contributed by atoms with van der Waals surface area (Å²) in [5, 5.41) is 12.8. The molecule has 3 aromatic rings. The van der Waals surface area contributed by atoms with Gasteiger partial charge in [-0.15, -0.1) is 11.8 Å². The molecule has 0 bridgehead atoms. The summed E-state index contributed by atoms with van der Waals surface area (Å²) in [4.78, 5) is 38.8. The smallest absolute Gasteiger partial charge is 0.356 e. The van der Waals surface area contributed by atoms with Crippen LogP contribution in [-0.2, 0) is 23.5 Å². The Morgan fingerprint density at radius 1 is 0.947 bits per heavy atom. The summed E-state index contributed by atoms with van der Waals surface area (Å²) in [5.74, 6) is -2.00. The Hall–Kier alpha value is -4.01. The summed E-state index contributed by atoms with van der Waals surface area (Å²) in [5.41, 5.74) is -0.378. The van der Waals surface area contributed by atoms with Crippen molar-refractivity contribution in [3.63, 3.8) is 0 Å². The molecule has 0 saturated carbocycles. The molecular weight excluding hydrogens is 527 g/mol. The van der Waals surface area contributed by atoms with E-state index in [0.29, 0.717) is 16.4 Å². The molecule has 0 unspecified atom stereocenters. The van der Waals surface area contributed by atoms with Crippen LogP contribution in [0.4, 0.5) is 0 Å². The lowest BCUT2D eigenvalue weighted by Crippen LogP contribution is -2.70. The molecule has 0 spiro atoms. The summed E-state index contributed by atoms with van der Waals surface area (Å²) < 4.78 is 25.8. The molecular formula is C27H23N2O7PS. The van der Waals surface area contributed by atoms with Gasteiger partial charge >= 0.3 is 13.3 Å². The summed E-state index contributed by atoms with van der Waals surface area (Å²) in [6, 6.07) is 24.9. The molecule has 2 N–H and O–H groups in total. The minimum Gasteiger partial charge on any atom is -0.484 e. The molecule has 2 atom stereocenters. The van der Waals surface area contributed by atoms with Gasteiger partial charge in [0.05, 0.1) is 16.4 Å². The molecule has 0 aromatic heterocycles. The number of fused-ring (bicyclic) bond motifs is 1. The number of nitrogens with one attached hydrogen (secondary N) is 1. The molecule has 2 heterocycles. The molecule has 0 aliphatic carbocycles. The molecule has 2 amide bonds. The van der Waals surface area contributed by atoms with Gasteiger partial charge in [-0.05, 0) is 36.4 Å². The van der Waals surface area contributed by atoms with Crippen LogP contribution in [0.15, 0.2) is 102 Å². The lowest BCUT2D eigenvalue weighted by Gasteiger charge is -2.49.